The summed E-state index contributed by atoms with van der Waals surface area (Å²) in [5.41, 5.74) is 3.78. The summed E-state index contributed by atoms with van der Waals surface area (Å²) in [7, 11) is 0. The van der Waals surface area contributed by atoms with Crippen LogP contribution in [0.3, 0.4) is 0 Å². The maximum atomic E-state index is 12.2. The van der Waals surface area contributed by atoms with Crippen molar-refractivity contribution in [3.05, 3.63) is 46.8 Å². The fraction of sp³-hybridized carbons (Fsp3) is 0.267. The van der Waals surface area contributed by atoms with Crippen molar-refractivity contribution in [3.8, 4) is 0 Å². The Morgan fingerprint density at radius 3 is 2.38 bits per heavy atom. The molecule has 0 saturated carbocycles. The fourth-order valence-electron chi connectivity index (χ4n) is 1.92. The van der Waals surface area contributed by atoms with E-state index < -0.39 is 0 Å². The number of H-pyrrole nitrogens is 1. The maximum absolute atomic E-state index is 12.2. The molecule has 6 nitrogen and oxygen atoms in total. The zero-order valence-corrected chi connectivity index (χ0v) is 12.3. The molecule has 1 aromatic heterocycles. The van der Waals surface area contributed by atoms with Gasteiger partial charge in [0.25, 0.3) is 5.91 Å². The Bertz CT molecular complexity index is 639. The second kappa shape index (κ2) is 6.21. The zero-order valence-electron chi connectivity index (χ0n) is 12.3. The van der Waals surface area contributed by atoms with Crippen LogP contribution in [0.4, 0.5) is 5.69 Å². The summed E-state index contributed by atoms with van der Waals surface area (Å²) in [5.74, 6) is -0.267. The summed E-state index contributed by atoms with van der Waals surface area (Å²) in [4.78, 5) is 23.0. The molecule has 0 saturated heterocycles. The van der Waals surface area contributed by atoms with Crippen molar-refractivity contribution in [2.45, 2.75) is 27.3 Å². The van der Waals surface area contributed by atoms with Gasteiger partial charge in [-0.3, -0.25) is 14.7 Å². The number of aromatic nitrogens is 2. The van der Waals surface area contributed by atoms with Crippen LogP contribution in [0.2, 0.25) is 0 Å². The Labute approximate surface area is 122 Å². The van der Waals surface area contributed by atoms with E-state index in [-0.39, 0.29) is 11.8 Å². The Balaban J connectivity index is 2.05. The summed E-state index contributed by atoms with van der Waals surface area (Å²) in [6, 6.07) is 7.11. The normalized spacial score (nSPS) is 10.2. The largest absolute Gasteiger partial charge is 0.352 e. The van der Waals surface area contributed by atoms with E-state index in [2.05, 4.69) is 20.8 Å². The van der Waals surface area contributed by atoms with Gasteiger partial charge < -0.3 is 10.6 Å². The predicted molar refractivity (Wildman–Crippen MR) is 80.0 cm³/mol. The van der Waals surface area contributed by atoms with Crippen molar-refractivity contribution < 1.29 is 9.59 Å². The van der Waals surface area contributed by atoms with Crippen LogP contribution >= 0.6 is 0 Å². The number of benzene rings is 1. The first kappa shape index (κ1) is 14.8. The smallest absolute Gasteiger partial charge is 0.255 e. The second-order valence-electron chi connectivity index (χ2n) is 4.87. The number of aryl methyl sites for hydroxylation is 2. The Morgan fingerprint density at radius 1 is 1.19 bits per heavy atom. The van der Waals surface area contributed by atoms with Gasteiger partial charge in [0.1, 0.15) is 0 Å². The number of amides is 2. The molecule has 0 unspecified atom stereocenters. The van der Waals surface area contributed by atoms with Crippen LogP contribution in [0.1, 0.15) is 34.2 Å². The van der Waals surface area contributed by atoms with Gasteiger partial charge in [-0.1, -0.05) is 12.1 Å². The van der Waals surface area contributed by atoms with E-state index >= 15 is 0 Å². The van der Waals surface area contributed by atoms with Gasteiger partial charge in [-0.2, -0.15) is 5.10 Å². The van der Waals surface area contributed by atoms with Gasteiger partial charge in [-0.15, -0.1) is 0 Å². The Kier molecular flexibility index (Phi) is 4.37. The number of carbonyl (C=O) groups is 2. The lowest BCUT2D eigenvalue weighted by Crippen LogP contribution is -2.19. The van der Waals surface area contributed by atoms with Crippen molar-refractivity contribution in [2.75, 3.05) is 5.32 Å². The molecule has 110 valence electrons. The van der Waals surface area contributed by atoms with Crippen molar-refractivity contribution in [1.29, 1.82) is 0 Å². The molecule has 0 spiro atoms. The van der Waals surface area contributed by atoms with E-state index in [1.165, 1.54) is 6.92 Å². The predicted octanol–water partition coefficient (Wildman–Crippen LogP) is 1.91. The Hall–Kier alpha value is -2.63. The number of nitrogens with one attached hydrogen (secondary N) is 3. The number of nitrogens with zero attached hydrogens (tertiary/aromatic N) is 1. The molecule has 0 bridgehead atoms. The third kappa shape index (κ3) is 3.68. The molecule has 2 aromatic rings. The van der Waals surface area contributed by atoms with Gasteiger partial charge in [-0.05, 0) is 31.5 Å². The highest BCUT2D eigenvalue weighted by Crippen LogP contribution is 2.17. The second-order valence-corrected chi connectivity index (χ2v) is 4.87. The summed E-state index contributed by atoms with van der Waals surface area (Å²) >= 11 is 0. The lowest BCUT2D eigenvalue weighted by atomic mass is 10.1. The first-order valence-corrected chi connectivity index (χ1v) is 6.63. The molecule has 0 aliphatic rings. The molecular formula is C15H18N4O2. The molecular weight excluding hydrogens is 268 g/mol. The van der Waals surface area contributed by atoms with E-state index in [4.69, 9.17) is 0 Å². The molecule has 2 rings (SSSR count). The van der Waals surface area contributed by atoms with E-state index in [0.29, 0.717) is 17.8 Å². The standard InChI is InChI=1S/C15H18N4O2/c1-9-14(10(2)19-18-9)17-15(21)13-6-4-12(5-7-13)8-16-11(3)20/h4-7H,8H2,1-3H3,(H,16,20)(H,17,21)(H,18,19). The Morgan fingerprint density at radius 2 is 1.86 bits per heavy atom. The number of aromatic amines is 1. The van der Waals surface area contributed by atoms with Crippen molar-refractivity contribution in [3.63, 3.8) is 0 Å². The van der Waals surface area contributed by atoms with Gasteiger partial charge >= 0.3 is 0 Å². The minimum Gasteiger partial charge on any atom is -0.352 e. The van der Waals surface area contributed by atoms with Gasteiger partial charge in [0.2, 0.25) is 5.91 Å². The number of carbonyl (C=O) groups excluding carboxylic acids is 2. The highest BCUT2D eigenvalue weighted by atomic mass is 16.2. The average molecular weight is 286 g/mol. The van der Waals surface area contributed by atoms with Crippen LogP contribution in [0.5, 0.6) is 0 Å². The maximum Gasteiger partial charge on any atom is 0.255 e. The van der Waals surface area contributed by atoms with E-state index in [1.54, 1.807) is 12.1 Å². The van der Waals surface area contributed by atoms with Crippen LogP contribution in [-0.4, -0.2) is 22.0 Å². The first-order chi connectivity index (χ1) is 9.97. The van der Waals surface area contributed by atoms with Crippen molar-refractivity contribution in [1.82, 2.24) is 15.5 Å². The molecule has 0 aliphatic heterocycles. The quantitative estimate of drug-likeness (QED) is 0.802. The lowest BCUT2D eigenvalue weighted by molar-refractivity contribution is -0.119. The molecule has 1 aromatic carbocycles. The number of hydrogen-bond donors (Lipinski definition) is 3. The number of hydrogen-bond acceptors (Lipinski definition) is 3. The molecule has 0 atom stereocenters. The number of rotatable bonds is 4. The highest BCUT2D eigenvalue weighted by molar-refractivity contribution is 6.04. The molecule has 0 aliphatic carbocycles. The van der Waals surface area contributed by atoms with Crippen LogP contribution < -0.4 is 10.6 Å². The monoisotopic (exact) mass is 286 g/mol. The van der Waals surface area contributed by atoms with Crippen molar-refractivity contribution in [2.24, 2.45) is 0 Å². The summed E-state index contributed by atoms with van der Waals surface area (Å²) in [5, 5.41) is 12.4. The third-order valence-electron chi connectivity index (χ3n) is 3.12. The lowest BCUT2D eigenvalue weighted by Gasteiger charge is -2.07. The van der Waals surface area contributed by atoms with Gasteiger partial charge in [-0.25, -0.2) is 0 Å². The molecule has 6 heteroatoms. The summed E-state index contributed by atoms with van der Waals surface area (Å²) < 4.78 is 0. The van der Waals surface area contributed by atoms with E-state index in [1.807, 2.05) is 26.0 Å². The summed E-state index contributed by atoms with van der Waals surface area (Å²) in [6.45, 7) is 5.61. The minimum absolute atomic E-state index is 0.0808. The molecule has 0 radical (unpaired) electrons. The average Bonchev–Trinajstić information content (AvgIpc) is 2.77. The fourth-order valence-corrected chi connectivity index (χ4v) is 1.92. The van der Waals surface area contributed by atoms with Gasteiger partial charge in [0, 0.05) is 19.0 Å². The molecule has 0 fully saturated rings. The highest BCUT2D eigenvalue weighted by Gasteiger charge is 2.11. The first-order valence-electron chi connectivity index (χ1n) is 6.63. The van der Waals surface area contributed by atoms with Gasteiger partial charge in [0.05, 0.1) is 17.1 Å². The zero-order chi connectivity index (χ0) is 15.4. The van der Waals surface area contributed by atoms with Gasteiger partial charge in [0.15, 0.2) is 0 Å². The van der Waals surface area contributed by atoms with Crippen LogP contribution in [0, 0.1) is 13.8 Å². The molecule has 2 amide bonds. The van der Waals surface area contributed by atoms with Crippen LogP contribution in [0.15, 0.2) is 24.3 Å². The molecule has 1 heterocycles. The third-order valence-corrected chi connectivity index (χ3v) is 3.12. The van der Waals surface area contributed by atoms with Crippen LogP contribution in [0.25, 0.3) is 0 Å². The van der Waals surface area contributed by atoms with E-state index in [9.17, 15) is 9.59 Å². The number of anilines is 1. The van der Waals surface area contributed by atoms with E-state index in [0.717, 1.165) is 17.0 Å². The SMILES string of the molecule is CC(=O)NCc1ccc(C(=O)Nc2c(C)n[nH]c2C)cc1. The summed E-state index contributed by atoms with van der Waals surface area (Å²) in [6.07, 6.45) is 0. The minimum atomic E-state index is -0.186. The molecule has 3 N–H and O–H groups in total. The topological polar surface area (TPSA) is 86.9 Å². The molecule has 21 heavy (non-hydrogen) atoms. The van der Waals surface area contributed by atoms with Crippen LogP contribution in [-0.2, 0) is 11.3 Å². The van der Waals surface area contributed by atoms with Crippen molar-refractivity contribution >= 4 is 17.5 Å².